The minimum absolute atomic E-state index is 0.0783. The standard InChI is InChI=1S/C24H23ClFN3O4/c1-29-14-17(5-8-23(29)31)22(28-33)13-20(19-7-6-18(25)12-21(19)26)15-3-2-4-16(11-15)24(32)27-9-10-30/h2-8,11-12,14,20,30,33H,9-10,13H2,1H3,(H,27,32). The molecule has 9 heteroatoms. The predicted octanol–water partition coefficient (Wildman–Crippen LogP) is 3.30. The zero-order valence-corrected chi connectivity index (χ0v) is 18.6. The maximum absolute atomic E-state index is 14.9. The maximum Gasteiger partial charge on any atom is 0.251 e. The number of halogens is 2. The van der Waals surface area contributed by atoms with Crippen LogP contribution in [0.15, 0.2) is 70.7 Å². The molecule has 0 radical (unpaired) electrons. The number of nitrogens with zero attached hydrogens (tertiary/aromatic N) is 2. The highest BCUT2D eigenvalue weighted by atomic mass is 35.5. The van der Waals surface area contributed by atoms with Crippen molar-refractivity contribution < 1.29 is 19.5 Å². The monoisotopic (exact) mass is 471 g/mol. The van der Waals surface area contributed by atoms with Crippen molar-refractivity contribution in [2.45, 2.75) is 12.3 Å². The number of carbonyl (C=O) groups is 1. The zero-order chi connectivity index (χ0) is 24.0. The predicted molar refractivity (Wildman–Crippen MR) is 124 cm³/mol. The van der Waals surface area contributed by atoms with Gasteiger partial charge in [0.15, 0.2) is 0 Å². The van der Waals surface area contributed by atoms with Gasteiger partial charge in [0, 0.05) is 54.3 Å². The summed E-state index contributed by atoms with van der Waals surface area (Å²) in [4.78, 5) is 24.1. The molecule has 0 saturated heterocycles. The maximum atomic E-state index is 14.9. The minimum atomic E-state index is -0.629. The van der Waals surface area contributed by atoms with Gasteiger partial charge >= 0.3 is 0 Å². The Morgan fingerprint density at radius 2 is 1.97 bits per heavy atom. The van der Waals surface area contributed by atoms with Crippen LogP contribution in [0.1, 0.15) is 39.4 Å². The van der Waals surface area contributed by atoms with Gasteiger partial charge in [0.2, 0.25) is 5.56 Å². The largest absolute Gasteiger partial charge is 0.411 e. The molecule has 1 unspecified atom stereocenters. The van der Waals surface area contributed by atoms with Crippen molar-refractivity contribution in [1.82, 2.24) is 9.88 Å². The van der Waals surface area contributed by atoms with E-state index in [-0.39, 0.29) is 41.8 Å². The lowest BCUT2D eigenvalue weighted by molar-refractivity contribution is 0.0944. The molecule has 0 spiro atoms. The lowest BCUT2D eigenvalue weighted by Gasteiger charge is -2.20. The molecule has 7 nitrogen and oxygen atoms in total. The Balaban J connectivity index is 2.06. The summed E-state index contributed by atoms with van der Waals surface area (Å²) in [7, 11) is 1.58. The number of aryl methyl sites for hydroxylation is 1. The molecule has 3 rings (SSSR count). The SMILES string of the molecule is Cn1cc(C(CC(c2cccc(C(=O)NCCO)c2)c2ccc(Cl)cc2F)=NO)ccc1=O. The summed E-state index contributed by atoms with van der Waals surface area (Å²) in [6.07, 6.45) is 1.61. The summed E-state index contributed by atoms with van der Waals surface area (Å²) in [6, 6.07) is 13.9. The van der Waals surface area contributed by atoms with Crippen molar-refractivity contribution in [3.63, 3.8) is 0 Å². The van der Waals surface area contributed by atoms with Gasteiger partial charge in [-0.25, -0.2) is 4.39 Å². The molecule has 1 aromatic heterocycles. The third kappa shape index (κ3) is 5.85. The van der Waals surface area contributed by atoms with Crippen LogP contribution >= 0.6 is 11.6 Å². The number of hydrogen-bond donors (Lipinski definition) is 3. The first-order chi connectivity index (χ1) is 15.8. The summed E-state index contributed by atoms with van der Waals surface area (Å²) >= 11 is 5.93. The summed E-state index contributed by atoms with van der Waals surface area (Å²) < 4.78 is 16.3. The van der Waals surface area contributed by atoms with Crippen LogP contribution in [0, 0.1) is 5.82 Å². The molecular weight excluding hydrogens is 449 g/mol. The van der Waals surface area contributed by atoms with Gasteiger partial charge in [-0.1, -0.05) is 35.0 Å². The number of oxime groups is 1. The molecule has 1 amide bonds. The lowest BCUT2D eigenvalue weighted by atomic mass is 9.84. The van der Waals surface area contributed by atoms with Gasteiger partial charge in [0.25, 0.3) is 5.91 Å². The fourth-order valence-corrected chi connectivity index (χ4v) is 3.69. The van der Waals surface area contributed by atoms with E-state index in [2.05, 4.69) is 10.5 Å². The Hall–Kier alpha value is -3.49. The molecule has 2 aromatic carbocycles. The molecule has 0 bridgehead atoms. The Kier molecular flexibility index (Phi) is 7.97. The second-order valence-corrected chi connectivity index (χ2v) is 7.88. The Morgan fingerprint density at radius 1 is 1.18 bits per heavy atom. The smallest absolute Gasteiger partial charge is 0.251 e. The highest BCUT2D eigenvalue weighted by Gasteiger charge is 2.23. The van der Waals surface area contributed by atoms with Crippen LogP contribution in [0.2, 0.25) is 5.02 Å². The van der Waals surface area contributed by atoms with Crippen molar-refractivity contribution in [3.8, 4) is 0 Å². The van der Waals surface area contributed by atoms with Crippen LogP contribution in [0.5, 0.6) is 0 Å². The van der Waals surface area contributed by atoms with E-state index in [0.717, 1.165) is 0 Å². The topological polar surface area (TPSA) is 104 Å². The van der Waals surface area contributed by atoms with Gasteiger partial charge < -0.3 is 20.2 Å². The highest BCUT2D eigenvalue weighted by molar-refractivity contribution is 6.30. The zero-order valence-electron chi connectivity index (χ0n) is 17.8. The Morgan fingerprint density at radius 3 is 2.64 bits per heavy atom. The van der Waals surface area contributed by atoms with Crippen LogP contribution in [0.3, 0.4) is 0 Å². The summed E-state index contributed by atoms with van der Waals surface area (Å²) in [6.45, 7) is -0.0910. The number of rotatable bonds is 8. The van der Waals surface area contributed by atoms with Crippen molar-refractivity contribution in [2.24, 2.45) is 12.2 Å². The number of carbonyl (C=O) groups excluding carboxylic acids is 1. The lowest BCUT2D eigenvalue weighted by Crippen LogP contribution is -2.26. The minimum Gasteiger partial charge on any atom is -0.411 e. The normalized spacial score (nSPS) is 12.4. The number of aliphatic hydroxyl groups excluding tert-OH is 1. The number of amides is 1. The Labute approximate surface area is 194 Å². The fraction of sp³-hybridized carbons (Fsp3) is 0.208. The second kappa shape index (κ2) is 10.9. The molecule has 172 valence electrons. The van der Waals surface area contributed by atoms with Gasteiger partial charge in [0.05, 0.1) is 12.3 Å². The molecule has 1 atom stereocenters. The molecule has 0 aliphatic heterocycles. The molecule has 0 fully saturated rings. The van der Waals surface area contributed by atoms with Crippen LogP contribution < -0.4 is 10.9 Å². The van der Waals surface area contributed by atoms with Gasteiger partial charge in [-0.2, -0.15) is 0 Å². The number of nitrogens with one attached hydrogen (secondary N) is 1. The molecule has 0 aliphatic rings. The molecular formula is C24H23ClFN3O4. The number of benzene rings is 2. The van der Waals surface area contributed by atoms with Gasteiger partial charge in [-0.15, -0.1) is 0 Å². The van der Waals surface area contributed by atoms with Gasteiger partial charge in [-0.05, 0) is 41.5 Å². The molecule has 0 saturated carbocycles. The fourth-order valence-electron chi connectivity index (χ4n) is 3.53. The second-order valence-electron chi connectivity index (χ2n) is 7.44. The van der Waals surface area contributed by atoms with Crippen LogP contribution in [-0.4, -0.2) is 39.7 Å². The van der Waals surface area contributed by atoms with E-state index in [1.54, 1.807) is 43.4 Å². The van der Waals surface area contributed by atoms with Crippen molar-refractivity contribution in [3.05, 3.63) is 104 Å². The average molecular weight is 472 g/mol. The highest BCUT2D eigenvalue weighted by Crippen LogP contribution is 2.33. The first kappa shape index (κ1) is 24.2. The van der Waals surface area contributed by atoms with Gasteiger partial charge in [-0.3, -0.25) is 9.59 Å². The first-order valence-corrected chi connectivity index (χ1v) is 10.5. The van der Waals surface area contributed by atoms with Crippen LogP contribution in [-0.2, 0) is 7.05 Å². The number of aliphatic hydroxyl groups is 1. The average Bonchev–Trinajstić information content (AvgIpc) is 2.81. The molecule has 0 aliphatic carbocycles. The summed E-state index contributed by atoms with van der Waals surface area (Å²) in [5.74, 6) is -1.55. The van der Waals surface area contributed by atoms with E-state index in [4.69, 9.17) is 16.7 Å². The van der Waals surface area contributed by atoms with E-state index in [9.17, 15) is 19.2 Å². The van der Waals surface area contributed by atoms with E-state index in [1.807, 2.05) is 0 Å². The van der Waals surface area contributed by atoms with E-state index in [1.165, 1.54) is 29.0 Å². The van der Waals surface area contributed by atoms with E-state index >= 15 is 0 Å². The van der Waals surface area contributed by atoms with Crippen molar-refractivity contribution in [1.29, 1.82) is 0 Å². The van der Waals surface area contributed by atoms with Crippen LogP contribution in [0.4, 0.5) is 4.39 Å². The first-order valence-electron chi connectivity index (χ1n) is 10.2. The molecule has 1 heterocycles. The van der Waals surface area contributed by atoms with E-state index in [0.29, 0.717) is 22.3 Å². The quantitative estimate of drug-likeness (QED) is 0.266. The molecule has 33 heavy (non-hydrogen) atoms. The number of pyridine rings is 1. The van der Waals surface area contributed by atoms with E-state index < -0.39 is 11.7 Å². The van der Waals surface area contributed by atoms with Crippen molar-refractivity contribution in [2.75, 3.05) is 13.2 Å². The molecule has 3 aromatic rings. The third-order valence-corrected chi connectivity index (χ3v) is 5.46. The van der Waals surface area contributed by atoms with Gasteiger partial charge in [0.1, 0.15) is 5.82 Å². The summed E-state index contributed by atoms with van der Waals surface area (Å²) in [5.41, 5.74) is 1.76. The Bertz CT molecular complexity index is 1240. The summed E-state index contributed by atoms with van der Waals surface area (Å²) in [5, 5.41) is 24.9. The number of aromatic nitrogens is 1. The molecule has 3 N–H and O–H groups in total. The third-order valence-electron chi connectivity index (χ3n) is 5.22. The number of hydrogen-bond acceptors (Lipinski definition) is 5. The van der Waals surface area contributed by atoms with Crippen molar-refractivity contribution >= 4 is 23.2 Å². The van der Waals surface area contributed by atoms with Crippen LogP contribution in [0.25, 0.3) is 0 Å².